The van der Waals surface area contributed by atoms with Crippen LogP contribution in [0.2, 0.25) is 0 Å². The number of hydrogen-bond acceptors (Lipinski definition) is 10. The Morgan fingerprint density at radius 3 is 2.71 bits per heavy atom. The number of aliphatic hydroxyl groups excluding tert-OH is 3. The summed E-state index contributed by atoms with van der Waals surface area (Å²) in [6.07, 6.45) is -3.25. The van der Waals surface area contributed by atoms with Crippen molar-refractivity contribution in [1.29, 1.82) is 0 Å². The number of nitrogens with two attached hydrogens (primary N) is 2. The third-order valence-corrected chi connectivity index (χ3v) is 3.41. The van der Waals surface area contributed by atoms with Crippen molar-refractivity contribution in [3.05, 3.63) is 6.33 Å². The Morgan fingerprint density at radius 1 is 1.33 bits per heavy atom. The molecule has 0 bridgehead atoms. The molecule has 3 rings (SSSR count). The number of hydrazine groups is 1. The lowest BCUT2D eigenvalue weighted by atomic mass is 10.1. The molecule has 2 aromatic heterocycles. The lowest BCUT2D eigenvalue weighted by Crippen LogP contribution is -2.33. The number of fused-ring (bicyclic) bond motifs is 1. The first kappa shape index (κ1) is 13.9. The van der Waals surface area contributed by atoms with Gasteiger partial charge in [0.1, 0.15) is 24.6 Å². The van der Waals surface area contributed by atoms with Crippen molar-refractivity contribution < 1.29 is 20.1 Å². The van der Waals surface area contributed by atoms with E-state index in [1.807, 2.05) is 0 Å². The number of nitrogens with zero attached hydrogens (tertiary/aromatic N) is 4. The average molecular weight is 297 g/mol. The fourth-order valence-electron chi connectivity index (χ4n) is 2.36. The summed E-state index contributed by atoms with van der Waals surface area (Å²) >= 11 is 0. The highest BCUT2D eigenvalue weighted by molar-refractivity contribution is 5.84. The third kappa shape index (κ3) is 1.99. The average Bonchev–Trinajstić information content (AvgIpc) is 2.99. The fourth-order valence-corrected chi connectivity index (χ4v) is 2.36. The van der Waals surface area contributed by atoms with Gasteiger partial charge in [0.25, 0.3) is 0 Å². The smallest absolute Gasteiger partial charge is 0.221 e. The summed E-state index contributed by atoms with van der Waals surface area (Å²) in [6.45, 7) is -0.441. The van der Waals surface area contributed by atoms with Crippen LogP contribution in [-0.4, -0.2) is 59.8 Å². The number of aromatic nitrogens is 4. The van der Waals surface area contributed by atoms with Gasteiger partial charge >= 0.3 is 0 Å². The highest BCUT2D eigenvalue weighted by atomic mass is 16.6. The zero-order valence-electron chi connectivity index (χ0n) is 10.8. The quantitative estimate of drug-likeness (QED) is 0.258. The molecule has 0 amide bonds. The van der Waals surface area contributed by atoms with Crippen molar-refractivity contribution in [2.75, 3.05) is 17.8 Å². The van der Waals surface area contributed by atoms with Crippen molar-refractivity contribution in [3.63, 3.8) is 0 Å². The van der Waals surface area contributed by atoms with E-state index in [1.54, 1.807) is 0 Å². The van der Waals surface area contributed by atoms with Gasteiger partial charge in [-0.25, -0.2) is 20.8 Å². The molecule has 2 aromatic rings. The van der Waals surface area contributed by atoms with Gasteiger partial charge in [0, 0.05) is 0 Å². The molecule has 0 spiro atoms. The van der Waals surface area contributed by atoms with Gasteiger partial charge in [0.05, 0.1) is 6.61 Å². The van der Waals surface area contributed by atoms with E-state index in [0.29, 0.717) is 0 Å². The zero-order valence-corrected chi connectivity index (χ0v) is 10.8. The van der Waals surface area contributed by atoms with E-state index >= 15 is 0 Å². The highest BCUT2D eigenvalue weighted by Gasteiger charge is 2.45. The first-order valence-electron chi connectivity index (χ1n) is 6.16. The minimum atomic E-state index is -1.29. The van der Waals surface area contributed by atoms with Crippen LogP contribution in [0.15, 0.2) is 6.33 Å². The van der Waals surface area contributed by atoms with Crippen molar-refractivity contribution in [2.45, 2.75) is 24.5 Å². The Morgan fingerprint density at radius 2 is 2.10 bits per heavy atom. The van der Waals surface area contributed by atoms with Crippen LogP contribution in [-0.2, 0) is 4.74 Å². The molecule has 0 saturated carbocycles. The maximum Gasteiger partial charge on any atom is 0.221 e. The number of rotatable bonds is 3. The van der Waals surface area contributed by atoms with E-state index < -0.39 is 31.1 Å². The molecule has 11 nitrogen and oxygen atoms in total. The number of nitrogens with one attached hydrogen (secondary N) is 1. The number of ether oxygens (including phenoxy) is 1. The minimum absolute atomic E-state index is 0.132. The Labute approximate surface area is 118 Å². The van der Waals surface area contributed by atoms with Crippen LogP contribution in [0.3, 0.4) is 0 Å². The molecule has 21 heavy (non-hydrogen) atoms. The van der Waals surface area contributed by atoms with Crippen LogP contribution in [0.5, 0.6) is 0 Å². The largest absolute Gasteiger partial charge is 0.394 e. The van der Waals surface area contributed by atoms with E-state index in [9.17, 15) is 10.2 Å². The Bertz CT molecular complexity index is 662. The van der Waals surface area contributed by atoms with E-state index in [2.05, 4.69) is 20.4 Å². The topological polar surface area (TPSA) is 178 Å². The Balaban J connectivity index is 2.14. The zero-order chi connectivity index (χ0) is 15.1. The predicted octanol–water partition coefficient (Wildman–Crippen LogP) is -2.69. The molecule has 1 saturated heterocycles. The van der Waals surface area contributed by atoms with Crippen LogP contribution in [0.4, 0.5) is 11.8 Å². The van der Waals surface area contributed by atoms with Crippen molar-refractivity contribution in [1.82, 2.24) is 19.5 Å². The number of hydrogen-bond donors (Lipinski definition) is 6. The van der Waals surface area contributed by atoms with Gasteiger partial charge in [0.2, 0.25) is 5.95 Å². The first-order valence-corrected chi connectivity index (χ1v) is 6.16. The number of imidazole rings is 1. The maximum atomic E-state index is 10.1. The molecule has 0 unspecified atom stereocenters. The monoisotopic (exact) mass is 297 g/mol. The summed E-state index contributed by atoms with van der Waals surface area (Å²) in [6, 6.07) is 0. The lowest BCUT2D eigenvalue weighted by molar-refractivity contribution is -0.0501. The van der Waals surface area contributed by atoms with Gasteiger partial charge in [-0.2, -0.15) is 0 Å². The Kier molecular flexibility index (Phi) is 3.35. The molecule has 1 fully saturated rings. The van der Waals surface area contributed by atoms with Gasteiger partial charge in [-0.15, -0.1) is 0 Å². The first-order chi connectivity index (χ1) is 10.1. The molecule has 0 aromatic carbocycles. The molecular formula is C10H15N7O4. The van der Waals surface area contributed by atoms with Gasteiger partial charge in [0.15, 0.2) is 23.2 Å². The van der Waals surface area contributed by atoms with Crippen molar-refractivity contribution in [3.8, 4) is 0 Å². The third-order valence-electron chi connectivity index (χ3n) is 3.41. The number of aliphatic hydroxyl groups is 3. The molecular weight excluding hydrogens is 282 g/mol. The van der Waals surface area contributed by atoms with Gasteiger partial charge in [-0.1, -0.05) is 0 Å². The van der Waals surface area contributed by atoms with E-state index in [0.717, 1.165) is 0 Å². The summed E-state index contributed by atoms with van der Waals surface area (Å²) in [5.74, 6) is 5.68. The van der Waals surface area contributed by atoms with E-state index in [1.165, 1.54) is 10.9 Å². The van der Waals surface area contributed by atoms with Crippen LogP contribution in [0.1, 0.15) is 6.23 Å². The molecule has 3 heterocycles. The van der Waals surface area contributed by atoms with Crippen LogP contribution < -0.4 is 17.0 Å². The van der Waals surface area contributed by atoms with Crippen LogP contribution in [0.25, 0.3) is 11.2 Å². The molecule has 1 aliphatic rings. The summed E-state index contributed by atoms with van der Waals surface area (Å²) in [5.41, 5.74) is 8.63. The summed E-state index contributed by atoms with van der Waals surface area (Å²) in [4.78, 5) is 12.0. The summed E-state index contributed by atoms with van der Waals surface area (Å²) in [5, 5.41) is 29.1. The molecule has 0 aliphatic carbocycles. The van der Waals surface area contributed by atoms with E-state index in [4.69, 9.17) is 21.4 Å². The number of nitrogen functional groups attached to an aromatic ring is 2. The van der Waals surface area contributed by atoms with Crippen LogP contribution in [0, 0.1) is 0 Å². The summed E-state index contributed by atoms with van der Waals surface area (Å²) in [7, 11) is 0. The highest BCUT2D eigenvalue weighted by Crippen LogP contribution is 2.34. The Hall–Kier alpha value is -2.05. The maximum absolute atomic E-state index is 10.1. The molecule has 4 atom stereocenters. The van der Waals surface area contributed by atoms with Gasteiger partial charge in [-0.05, 0) is 0 Å². The van der Waals surface area contributed by atoms with Gasteiger partial charge in [-0.3, -0.25) is 9.99 Å². The SMILES string of the molecule is NNc1nc2c(N)ncnc2n1[C@@H]1O[C@@H](CO)[C@@H](O)[C@@H]1O. The standard InChI is InChI=1S/C10H15N7O4/c11-7-4-8(14-2-13-7)17(10(15-4)16-12)9-6(20)5(19)3(1-18)21-9/h2-3,5-6,9,18-20H,1,12H2,(H,15,16)(H2,11,13,14)/t3-,5+,6-,9+/m0/s1. The van der Waals surface area contributed by atoms with Crippen molar-refractivity contribution in [2.24, 2.45) is 5.84 Å². The van der Waals surface area contributed by atoms with Gasteiger partial charge < -0.3 is 25.8 Å². The molecule has 0 radical (unpaired) electrons. The second-order valence-electron chi connectivity index (χ2n) is 4.61. The van der Waals surface area contributed by atoms with Crippen molar-refractivity contribution >= 4 is 22.9 Å². The molecule has 11 heteroatoms. The van der Waals surface area contributed by atoms with Crippen LogP contribution >= 0.6 is 0 Å². The second-order valence-corrected chi connectivity index (χ2v) is 4.61. The van der Waals surface area contributed by atoms with E-state index in [-0.39, 0.29) is 22.9 Å². The normalized spacial score (nSPS) is 29.1. The summed E-state index contributed by atoms with van der Waals surface area (Å²) < 4.78 is 6.80. The lowest BCUT2D eigenvalue weighted by Gasteiger charge is -2.18. The molecule has 1 aliphatic heterocycles. The fraction of sp³-hybridized carbons (Fsp3) is 0.500. The minimum Gasteiger partial charge on any atom is -0.394 e. The molecule has 114 valence electrons. The molecule has 8 N–H and O–H groups in total. The number of anilines is 2. The second kappa shape index (κ2) is 5.05. The predicted molar refractivity (Wildman–Crippen MR) is 70.6 cm³/mol.